The molecule has 112 valence electrons. The number of aryl methyl sites for hydroxylation is 1. The fourth-order valence-electron chi connectivity index (χ4n) is 1.81. The highest BCUT2D eigenvalue weighted by atomic mass is 32.2. The van der Waals surface area contributed by atoms with Gasteiger partial charge in [-0.2, -0.15) is 0 Å². The average molecular weight is 308 g/mol. The highest BCUT2D eigenvalue weighted by molar-refractivity contribution is 8.03. The second-order valence-corrected chi connectivity index (χ2v) is 5.97. The van der Waals surface area contributed by atoms with Gasteiger partial charge >= 0.3 is 0 Å². The van der Waals surface area contributed by atoms with Crippen molar-refractivity contribution in [3.05, 3.63) is 88.7 Å². The molecule has 0 heterocycles. The quantitative estimate of drug-likeness (QED) is 0.284. The first-order valence-electron chi connectivity index (χ1n) is 7.24. The van der Waals surface area contributed by atoms with E-state index in [1.807, 2.05) is 56.3 Å². The summed E-state index contributed by atoms with van der Waals surface area (Å²) in [5.74, 6) is 1.71. The first-order chi connectivity index (χ1) is 10.7. The average Bonchev–Trinajstić information content (AvgIpc) is 2.54. The first kappa shape index (κ1) is 16.2. The van der Waals surface area contributed by atoms with Gasteiger partial charge in [0.1, 0.15) is 11.5 Å². The van der Waals surface area contributed by atoms with Gasteiger partial charge in [0.2, 0.25) is 0 Å². The highest BCUT2D eigenvalue weighted by Gasteiger charge is 2.05. The highest BCUT2D eigenvalue weighted by Crippen LogP contribution is 2.31. The second-order valence-electron chi connectivity index (χ2n) is 4.85. The number of rotatable bonds is 5. The van der Waals surface area contributed by atoms with Gasteiger partial charge in [-0.05, 0) is 57.2 Å². The summed E-state index contributed by atoms with van der Waals surface area (Å²) in [5.41, 5.74) is 4.40. The lowest BCUT2D eigenvalue weighted by Gasteiger charge is -2.10. The zero-order valence-corrected chi connectivity index (χ0v) is 14.0. The number of hydrogen-bond acceptors (Lipinski definition) is 2. The molecule has 0 spiro atoms. The van der Waals surface area contributed by atoms with E-state index in [-0.39, 0.29) is 0 Å². The van der Waals surface area contributed by atoms with Gasteiger partial charge in [0, 0.05) is 4.90 Å². The van der Waals surface area contributed by atoms with E-state index < -0.39 is 0 Å². The van der Waals surface area contributed by atoms with Crippen LogP contribution in [-0.4, -0.2) is 0 Å². The van der Waals surface area contributed by atoms with Crippen LogP contribution in [0.1, 0.15) is 19.4 Å². The Morgan fingerprint density at radius 1 is 1.05 bits per heavy atom. The summed E-state index contributed by atoms with van der Waals surface area (Å²) in [6.45, 7) is 6.03. The number of ether oxygens (including phenoxy) is 1. The van der Waals surface area contributed by atoms with E-state index in [0.717, 1.165) is 16.4 Å². The molecule has 0 aromatic heterocycles. The standard InChI is InChI=1S/C20H20OS/c1-4-5-11-20(22-19-14-12-16(2)13-15-19)17(3)21-18-9-7-6-8-10-18/h4,6-15H,1-3H3/b20-17-. The van der Waals surface area contributed by atoms with Gasteiger partial charge in [-0.25, -0.2) is 0 Å². The lowest BCUT2D eigenvalue weighted by Crippen LogP contribution is -1.93. The fourth-order valence-corrected chi connectivity index (χ4v) is 2.65. The van der Waals surface area contributed by atoms with E-state index >= 15 is 0 Å². The monoisotopic (exact) mass is 308 g/mol. The Balaban J connectivity index is 2.26. The van der Waals surface area contributed by atoms with Crippen molar-refractivity contribution in [2.75, 3.05) is 0 Å². The third kappa shape index (κ3) is 5.00. The molecular weight excluding hydrogens is 288 g/mol. The summed E-state index contributed by atoms with van der Waals surface area (Å²) in [6, 6.07) is 18.3. The summed E-state index contributed by atoms with van der Waals surface area (Å²) in [7, 11) is 0. The molecule has 0 saturated heterocycles. The molecule has 0 atom stereocenters. The molecule has 0 aliphatic heterocycles. The third-order valence-corrected chi connectivity index (χ3v) is 4.12. The van der Waals surface area contributed by atoms with Crippen LogP contribution in [0.4, 0.5) is 0 Å². The van der Waals surface area contributed by atoms with Crippen molar-refractivity contribution in [2.45, 2.75) is 25.7 Å². The van der Waals surface area contributed by atoms with Crippen LogP contribution in [0, 0.1) is 6.92 Å². The van der Waals surface area contributed by atoms with Gasteiger partial charge in [-0.3, -0.25) is 0 Å². The number of allylic oxidation sites excluding steroid dienone is 2. The van der Waals surface area contributed by atoms with Crippen molar-refractivity contribution in [3.63, 3.8) is 0 Å². The SMILES string of the molecule is CC=C=C/C(Sc1ccc(C)cc1)=C(\C)Oc1ccccc1. The van der Waals surface area contributed by atoms with Crippen LogP contribution < -0.4 is 4.74 Å². The van der Waals surface area contributed by atoms with Crippen LogP contribution in [0.5, 0.6) is 5.75 Å². The van der Waals surface area contributed by atoms with Gasteiger partial charge in [0.05, 0.1) is 4.91 Å². The minimum Gasteiger partial charge on any atom is -0.461 e. The minimum atomic E-state index is 0.843. The van der Waals surface area contributed by atoms with Crippen LogP contribution in [-0.2, 0) is 0 Å². The Bertz CT molecular complexity index is 690. The second kappa shape index (κ2) is 8.33. The molecule has 0 N–H and O–H groups in total. The zero-order chi connectivity index (χ0) is 15.8. The summed E-state index contributed by atoms with van der Waals surface area (Å²) in [4.78, 5) is 2.23. The molecule has 22 heavy (non-hydrogen) atoms. The van der Waals surface area contributed by atoms with Crippen molar-refractivity contribution in [1.29, 1.82) is 0 Å². The number of thioether (sulfide) groups is 1. The molecule has 1 nitrogen and oxygen atoms in total. The Morgan fingerprint density at radius 3 is 2.36 bits per heavy atom. The molecule has 0 fully saturated rings. The van der Waals surface area contributed by atoms with E-state index in [0.29, 0.717) is 0 Å². The maximum Gasteiger partial charge on any atom is 0.126 e. The van der Waals surface area contributed by atoms with E-state index in [1.54, 1.807) is 11.8 Å². The Morgan fingerprint density at radius 2 is 1.73 bits per heavy atom. The normalized spacial score (nSPS) is 11.2. The molecule has 0 amide bonds. The van der Waals surface area contributed by atoms with Crippen LogP contribution in [0.2, 0.25) is 0 Å². The molecule has 0 unspecified atom stereocenters. The summed E-state index contributed by atoms with van der Waals surface area (Å²) in [6.07, 6.45) is 3.86. The van der Waals surface area contributed by atoms with Crippen LogP contribution in [0.15, 0.2) is 88.0 Å². The van der Waals surface area contributed by atoms with Gasteiger partial charge in [0.15, 0.2) is 0 Å². The lowest BCUT2D eigenvalue weighted by molar-refractivity contribution is 0.426. The smallest absolute Gasteiger partial charge is 0.126 e. The maximum atomic E-state index is 5.94. The topological polar surface area (TPSA) is 9.23 Å². The van der Waals surface area contributed by atoms with Crippen molar-refractivity contribution < 1.29 is 4.74 Å². The van der Waals surface area contributed by atoms with E-state index in [9.17, 15) is 0 Å². The summed E-state index contributed by atoms with van der Waals surface area (Å²) < 4.78 is 5.94. The predicted molar refractivity (Wildman–Crippen MR) is 95.1 cm³/mol. The Kier molecular flexibility index (Phi) is 6.14. The van der Waals surface area contributed by atoms with Gasteiger partial charge in [0.25, 0.3) is 0 Å². The minimum absolute atomic E-state index is 0.843. The van der Waals surface area contributed by atoms with Crippen LogP contribution in [0.3, 0.4) is 0 Å². The largest absolute Gasteiger partial charge is 0.461 e. The number of benzene rings is 2. The Labute approximate surface area is 137 Å². The van der Waals surface area contributed by atoms with Crippen LogP contribution in [0.25, 0.3) is 0 Å². The maximum absolute atomic E-state index is 5.94. The third-order valence-electron chi connectivity index (χ3n) is 2.99. The number of hydrogen-bond donors (Lipinski definition) is 0. The molecule has 2 aromatic carbocycles. The number of para-hydroxylation sites is 1. The lowest BCUT2D eigenvalue weighted by atomic mass is 10.2. The molecule has 0 aliphatic carbocycles. The van der Waals surface area contributed by atoms with Gasteiger partial charge < -0.3 is 4.74 Å². The van der Waals surface area contributed by atoms with Crippen molar-refractivity contribution in [2.24, 2.45) is 0 Å². The molecular formula is C20H20OS. The zero-order valence-electron chi connectivity index (χ0n) is 13.2. The van der Waals surface area contributed by atoms with Crippen molar-refractivity contribution in [3.8, 4) is 5.75 Å². The molecule has 0 aliphatic rings. The molecule has 0 saturated carbocycles. The molecule has 0 radical (unpaired) electrons. The van der Waals surface area contributed by atoms with Crippen LogP contribution >= 0.6 is 11.8 Å². The molecule has 2 heteroatoms. The summed E-state index contributed by atoms with van der Waals surface area (Å²) >= 11 is 1.68. The van der Waals surface area contributed by atoms with Crippen molar-refractivity contribution >= 4 is 11.8 Å². The van der Waals surface area contributed by atoms with Gasteiger partial charge in [-0.15, -0.1) is 5.73 Å². The predicted octanol–water partition coefficient (Wildman–Crippen LogP) is 6.13. The van der Waals surface area contributed by atoms with E-state index in [2.05, 4.69) is 36.9 Å². The molecule has 0 bridgehead atoms. The van der Waals surface area contributed by atoms with E-state index in [1.165, 1.54) is 10.5 Å². The first-order valence-corrected chi connectivity index (χ1v) is 8.06. The Hall–Kier alpha value is -2.15. The summed E-state index contributed by atoms with van der Waals surface area (Å²) in [5, 5.41) is 0. The fraction of sp³-hybridized carbons (Fsp3) is 0.150. The van der Waals surface area contributed by atoms with Gasteiger partial charge in [-0.1, -0.05) is 47.7 Å². The molecule has 2 rings (SSSR count). The van der Waals surface area contributed by atoms with Crippen molar-refractivity contribution in [1.82, 2.24) is 0 Å². The molecule has 2 aromatic rings. The van der Waals surface area contributed by atoms with E-state index in [4.69, 9.17) is 4.74 Å².